The molecule has 2 rings (SSSR count). The molecule has 1 aromatic rings. The van der Waals surface area contributed by atoms with Crippen LogP contribution in [0.2, 0.25) is 0 Å². The highest BCUT2D eigenvalue weighted by Crippen LogP contribution is 2.20. The summed E-state index contributed by atoms with van der Waals surface area (Å²) in [4.78, 5) is 13.3. The molecular weight excluding hydrogens is 242 g/mol. The molecule has 6 heteroatoms. The van der Waals surface area contributed by atoms with E-state index < -0.39 is 17.7 Å². The number of carbonyl (C=O) groups is 1. The van der Waals surface area contributed by atoms with Gasteiger partial charge in [0, 0.05) is 12.6 Å². The predicted molar refractivity (Wildman–Crippen MR) is 62.2 cm³/mol. The Bertz CT molecular complexity index is 454. The lowest BCUT2D eigenvalue weighted by molar-refractivity contribution is 0.166. The average molecular weight is 256 g/mol. The summed E-state index contributed by atoms with van der Waals surface area (Å²) in [6, 6.07) is 2.10. The molecule has 98 valence electrons. The molecule has 0 radical (unpaired) electrons. The first-order valence-corrected chi connectivity index (χ1v) is 5.75. The normalized spacial score (nSPS) is 19.1. The number of aliphatic hydroxyl groups excluding tert-OH is 1. The van der Waals surface area contributed by atoms with Gasteiger partial charge in [-0.1, -0.05) is 0 Å². The van der Waals surface area contributed by atoms with Gasteiger partial charge in [0.05, 0.1) is 18.3 Å². The van der Waals surface area contributed by atoms with Gasteiger partial charge in [-0.15, -0.1) is 0 Å². The van der Waals surface area contributed by atoms with Crippen LogP contribution in [0.1, 0.15) is 12.8 Å². The van der Waals surface area contributed by atoms with Crippen molar-refractivity contribution in [1.29, 1.82) is 0 Å². The van der Waals surface area contributed by atoms with Gasteiger partial charge < -0.3 is 15.3 Å². The first kappa shape index (κ1) is 12.8. The van der Waals surface area contributed by atoms with E-state index in [2.05, 4.69) is 5.32 Å². The lowest BCUT2D eigenvalue weighted by Crippen LogP contribution is -2.40. The Balaban J connectivity index is 2.09. The van der Waals surface area contributed by atoms with Crippen molar-refractivity contribution in [2.45, 2.75) is 18.9 Å². The highest BCUT2D eigenvalue weighted by atomic mass is 19.1. The Labute approximate surface area is 103 Å². The van der Waals surface area contributed by atoms with Crippen LogP contribution in [0, 0.1) is 11.6 Å². The van der Waals surface area contributed by atoms with Gasteiger partial charge in [0.1, 0.15) is 11.6 Å². The predicted octanol–water partition coefficient (Wildman–Crippen LogP) is 1.95. The number of rotatable bonds is 2. The number of hydrogen-bond acceptors (Lipinski definition) is 2. The van der Waals surface area contributed by atoms with E-state index in [9.17, 15) is 13.6 Å². The van der Waals surface area contributed by atoms with E-state index in [1.54, 1.807) is 0 Å². The molecule has 1 aliphatic rings. The van der Waals surface area contributed by atoms with Crippen LogP contribution >= 0.6 is 0 Å². The first-order valence-electron chi connectivity index (χ1n) is 5.75. The zero-order valence-electron chi connectivity index (χ0n) is 9.70. The molecule has 0 unspecified atom stereocenters. The Morgan fingerprint density at radius 2 is 2.28 bits per heavy atom. The van der Waals surface area contributed by atoms with Crippen LogP contribution in [0.15, 0.2) is 18.2 Å². The molecule has 1 aliphatic heterocycles. The Hall–Kier alpha value is -1.69. The highest BCUT2D eigenvalue weighted by Gasteiger charge is 2.28. The molecule has 0 bridgehead atoms. The van der Waals surface area contributed by atoms with Crippen molar-refractivity contribution in [2.24, 2.45) is 0 Å². The number of benzene rings is 1. The minimum absolute atomic E-state index is 0.126. The second kappa shape index (κ2) is 5.30. The SMILES string of the molecule is O=C(Nc1cc(F)ccc1F)N1CCC[C@H]1CO. The Morgan fingerprint density at radius 1 is 1.50 bits per heavy atom. The largest absolute Gasteiger partial charge is 0.394 e. The van der Waals surface area contributed by atoms with Crippen LogP contribution in [0.25, 0.3) is 0 Å². The molecule has 1 fully saturated rings. The van der Waals surface area contributed by atoms with Crippen molar-refractivity contribution < 1.29 is 18.7 Å². The van der Waals surface area contributed by atoms with Gasteiger partial charge in [-0.25, -0.2) is 13.6 Å². The minimum Gasteiger partial charge on any atom is -0.394 e. The topological polar surface area (TPSA) is 52.6 Å². The maximum Gasteiger partial charge on any atom is 0.322 e. The second-order valence-corrected chi connectivity index (χ2v) is 4.23. The third-order valence-electron chi connectivity index (χ3n) is 3.02. The van der Waals surface area contributed by atoms with Gasteiger partial charge >= 0.3 is 6.03 Å². The van der Waals surface area contributed by atoms with Gasteiger partial charge in [0.15, 0.2) is 0 Å². The monoisotopic (exact) mass is 256 g/mol. The molecule has 1 aromatic carbocycles. The molecule has 0 spiro atoms. The molecule has 1 heterocycles. The van der Waals surface area contributed by atoms with Gasteiger partial charge in [-0.05, 0) is 25.0 Å². The summed E-state index contributed by atoms with van der Waals surface area (Å²) in [5.41, 5.74) is -0.191. The molecule has 4 nitrogen and oxygen atoms in total. The van der Waals surface area contributed by atoms with Crippen molar-refractivity contribution in [3.05, 3.63) is 29.8 Å². The van der Waals surface area contributed by atoms with Gasteiger partial charge in [-0.2, -0.15) is 0 Å². The zero-order valence-corrected chi connectivity index (χ0v) is 9.70. The number of amides is 2. The summed E-state index contributed by atoms with van der Waals surface area (Å²) in [6.07, 6.45) is 1.51. The summed E-state index contributed by atoms with van der Waals surface area (Å²) in [6.45, 7) is 0.382. The number of likely N-dealkylation sites (tertiary alicyclic amines) is 1. The molecule has 1 atom stereocenters. The molecule has 0 aromatic heterocycles. The minimum atomic E-state index is -0.690. The standard InChI is InChI=1S/C12H14F2N2O2/c13-8-3-4-10(14)11(6-8)15-12(18)16-5-1-2-9(16)7-17/h3-4,6,9,17H,1-2,5,7H2,(H,15,18)/t9-/m0/s1. The number of anilines is 1. The van der Waals surface area contributed by atoms with Gasteiger partial charge in [-0.3, -0.25) is 0 Å². The van der Waals surface area contributed by atoms with Crippen LogP contribution in [0.4, 0.5) is 19.3 Å². The van der Waals surface area contributed by atoms with Crippen molar-refractivity contribution in [2.75, 3.05) is 18.5 Å². The fourth-order valence-electron chi connectivity index (χ4n) is 2.07. The summed E-state index contributed by atoms with van der Waals surface area (Å²) in [7, 11) is 0. The van der Waals surface area contributed by atoms with E-state index >= 15 is 0 Å². The van der Waals surface area contributed by atoms with Crippen LogP contribution in [-0.2, 0) is 0 Å². The van der Waals surface area contributed by atoms with Crippen molar-refractivity contribution in [3.8, 4) is 0 Å². The third-order valence-corrected chi connectivity index (χ3v) is 3.02. The van der Waals surface area contributed by atoms with E-state index in [1.807, 2.05) is 0 Å². The summed E-state index contributed by atoms with van der Waals surface area (Å²) < 4.78 is 26.3. The van der Waals surface area contributed by atoms with Gasteiger partial charge in [0.25, 0.3) is 0 Å². The molecule has 2 N–H and O–H groups in total. The quantitative estimate of drug-likeness (QED) is 0.849. The van der Waals surface area contributed by atoms with Crippen LogP contribution in [-0.4, -0.2) is 35.2 Å². The second-order valence-electron chi connectivity index (χ2n) is 4.23. The smallest absolute Gasteiger partial charge is 0.322 e. The molecule has 18 heavy (non-hydrogen) atoms. The number of nitrogens with zero attached hydrogens (tertiary/aromatic N) is 1. The van der Waals surface area contributed by atoms with Crippen LogP contribution < -0.4 is 5.32 Å². The zero-order chi connectivity index (χ0) is 13.1. The number of nitrogens with one attached hydrogen (secondary N) is 1. The number of urea groups is 1. The Morgan fingerprint density at radius 3 is 3.00 bits per heavy atom. The number of aliphatic hydroxyl groups is 1. The fourth-order valence-corrected chi connectivity index (χ4v) is 2.07. The lowest BCUT2D eigenvalue weighted by atomic mass is 10.2. The average Bonchev–Trinajstić information content (AvgIpc) is 2.82. The molecular formula is C12H14F2N2O2. The third kappa shape index (κ3) is 2.59. The molecule has 1 saturated heterocycles. The van der Waals surface area contributed by atoms with E-state index in [0.717, 1.165) is 31.0 Å². The van der Waals surface area contributed by atoms with Crippen molar-refractivity contribution in [3.63, 3.8) is 0 Å². The molecule has 0 aliphatic carbocycles. The summed E-state index contributed by atoms with van der Waals surface area (Å²) >= 11 is 0. The first-order chi connectivity index (χ1) is 8.61. The molecule has 2 amide bonds. The fraction of sp³-hybridized carbons (Fsp3) is 0.417. The number of halogens is 2. The van der Waals surface area contributed by atoms with Crippen LogP contribution in [0.3, 0.4) is 0 Å². The highest BCUT2D eigenvalue weighted by molar-refractivity contribution is 5.89. The maximum absolute atomic E-state index is 13.3. The van der Waals surface area contributed by atoms with Crippen molar-refractivity contribution in [1.82, 2.24) is 4.90 Å². The number of carbonyl (C=O) groups excluding carboxylic acids is 1. The maximum atomic E-state index is 13.3. The summed E-state index contributed by atoms with van der Waals surface area (Å²) in [5, 5.41) is 11.4. The van der Waals surface area contributed by atoms with Crippen LogP contribution in [0.5, 0.6) is 0 Å². The van der Waals surface area contributed by atoms with E-state index in [-0.39, 0.29) is 18.3 Å². The van der Waals surface area contributed by atoms with E-state index in [1.165, 1.54) is 4.90 Å². The van der Waals surface area contributed by atoms with Crippen molar-refractivity contribution >= 4 is 11.7 Å². The number of hydrogen-bond donors (Lipinski definition) is 2. The van der Waals surface area contributed by atoms with E-state index in [0.29, 0.717) is 6.54 Å². The van der Waals surface area contributed by atoms with E-state index in [4.69, 9.17) is 5.11 Å². The van der Waals surface area contributed by atoms with Gasteiger partial charge in [0.2, 0.25) is 0 Å². The molecule has 0 saturated carbocycles. The lowest BCUT2D eigenvalue weighted by Gasteiger charge is -2.23. The summed E-state index contributed by atoms with van der Waals surface area (Å²) in [5.74, 6) is -1.31. The Kier molecular flexibility index (Phi) is 3.76.